The van der Waals surface area contributed by atoms with E-state index in [9.17, 15) is 47.9 Å². The van der Waals surface area contributed by atoms with Gasteiger partial charge in [-0.2, -0.15) is 0 Å². The van der Waals surface area contributed by atoms with E-state index in [0.29, 0.717) is 34.6 Å². The quantitative estimate of drug-likeness (QED) is 0.00952. The maximum absolute atomic E-state index is 15.2. The SMILES string of the molecule is CCSSC[C@H](C)C(=O)NCCOCCOCC(=O)CCC(=O)N[C@H](C(=O)C[C@@H](CC(=O)NC(c1ccccc1)(c1ccccc1)c1ccccc1)C(=O)N[C@@H](C)C(=O)C[C@H]1COC(=O)[C@H](Cc2ccccc2)CC(=O)[C@H](CC(C)C)NC(=O)[C@H](COC(C)(C)C)NC(=O)[C@H](COC(C)(C)C)NC1=O)C(C)C. The molecule has 0 spiro atoms. The first-order chi connectivity index (χ1) is 50.7. The first-order valence-electron chi connectivity index (χ1n) is 36.9. The van der Waals surface area contributed by atoms with E-state index in [0.717, 1.165) is 5.75 Å². The monoisotopic (exact) mass is 1520 g/mol. The number of hydrogen-bond donors (Lipinski definition) is 7. The summed E-state index contributed by atoms with van der Waals surface area (Å²) in [5.74, 6) is -11.7. The van der Waals surface area contributed by atoms with Crippen molar-refractivity contribution in [3.8, 4) is 0 Å². The van der Waals surface area contributed by atoms with Crippen LogP contribution in [0.3, 0.4) is 0 Å². The third kappa shape index (κ3) is 31.5. The summed E-state index contributed by atoms with van der Waals surface area (Å²) in [6.07, 6.45) is -2.81. The van der Waals surface area contributed by atoms with E-state index in [2.05, 4.69) is 44.1 Å². The number of carbonyl (C=O) groups is 12. The Morgan fingerprint density at radius 3 is 1.63 bits per heavy atom. The molecule has 1 aliphatic rings. The van der Waals surface area contributed by atoms with Gasteiger partial charge in [-0.3, -0.25) is 57.5 Å². The lowest BCUT2D eigenvalue weighted by Gasteiger charge is -2.37. The maximum atomic E-state index is 15.2. The Morgan fingerprint density at radius 1 is 0.579 bits per heavy atom. The van der Waals surface area contributed by atoms with Crippen molar-refractivity contribution in [2.45, 2.75) is 188 Å². The molecule has 0 saturated carbocycles. The van der Waals surface area contributed by atoms with Crippen molar-refractivity contribution in [3.05, 3.63) is 144 Å². The molecule has 1 aliphatic heterocycles. The van der Waals surface area contributed by atoms with Crippen LogP contribution in [0.1, 0.15) is 157 Å². The number of rotatable bonds is 40. The molecule has 26 heteroatoms. The number of Topliss-reactive ketones (excluding diaryl/α,β-unsaturated/α-hetero) is 4. The molecule has 7 amide bonds. The summed E-state index contributed by atoms with van der Waals surface area (Å²) >= 11 is 0. The zero-order chi connectivity index (χ0) is 78.9. The van der Waals surface area contributed by atoms with Crippen molar-refractivity contribution in [1.82, 2.24) is 37.2 Å². The number of amides is 7. The number of ketones is 4. The Kier molecular flexibility index (Phi) is 37.6. The normalized spacial score (nSPS) is 18.3. The average Bonchev–Trinajstić information content (AvgIpc) is 0.754. The summed E-state index contributed by atoms with van der Waals surface area (Å²) in [5, 5.41) is 19.7. The predicted octanol–water partition coefficient (Wildman–Crippen LogP) is 8.32. The number of nitrogens with one attached hydrogen (secondary N) is 7. The molecule has 1 fully saturated rings. The summed E-state index contributed by atoms with van der Waals surface area (Å²) < 4.78 is 29.1. The molecule has 0 radical (unpaired) electrons. The highest BCUT2D eigenvalue weighted by molar-refractivity contribution is 8.76. The minimum absolute atomic E-state index is 0.00720. The van der Waals surface area contributed by atoms with Crippen LogP contribution in [-0.4, -0.2) is 176 Å². The number of hydrogen-bond acceptors (Lipinski definition) is 19. The van der Waals surface area contributed by atoms with Crippen molar-refractivity contribution in [2.24, 2.45) is 35.5 Å². The molecule has 0 unspecified atom stereocenters. The van der Waals surface area contributed by atoms with Crippen LogP contribution in [0.5, 0.6) is 0 Å². The standard InChI is InChI=1S/C81H113N7O17S2/c1-14-106-107-51-54(6)73(95)82-37-38-101-39-40-102-48-63(89)35-36-70(93)87-72(53(4)5)69(92)43-57(46-71(94)88-81(60-29-21-16-22-30-60,61-31-23-17-24-32-61)62-33-25-18-26-34-62)74(96)83-55(7)67(90)45-59-47-103-78(100)58(42-56-27-19-15-20-28-56)44-68(91)64(41-52(2)3)84-76(98)66(50-105-80(11,12)13)86-77(99)65(85-75(59)97)49-104-79(8,9)10/h15-34,52-55,57-59,64-66,72H,14,35-51H2,1-13H3,(H,82,95)(H,83,96)(H,84,98)(H,85,97)(H,86,99)(H,87,93)(H,88,94)/t54-,55-,57-,58+,59-,64-,65-,66-,72-/m0/s1. The summed E-state index contributed by atoms with van der Waals surface area (Å²) in [7, 11) is 3.34. The van der Waals surface area contributed by atoms with Crippen LogP contribution < -0.4 is 37.2 Å². The third-order valence-corrected chi connectivity index (χ3v) is 20.2. The Morgan fingerprint density at radius 2 is 1.10 bits per heavy atom. The summed E-state index contributed by atoms with van der Waals surface area (Å²) in [5.41, 5.74) is -0.417. The van der Waals surface area contributed by atoms with Crippen molar-refractivity contribution in [2.75, 3.05) is 64.3 Å². The van der Waals surface area contributed by atoms with Gasteiger partial charge in [0.05, 0.1) is 80.1 Å². The zero-order valence-corrected chi connectivity index (χ0v) is 66.0. The van der Waals surface area contributed by atoms with Gasteiger partial charge in [-0.1, -0.05) is 184 Å². The highest BCUT2D eigenvalue weighted by atomic mass is 33.1. The maximum Gasteiger partial charge on any atom is 0.309 e. The number of cyclic esters (lactones) is 1. The van der Waals surface area contributed by atoms with Gasteiger partial charge < -0.3 is 60.9 Å². The van der Waals surface area contributed by atoms with Crippen molar-refractivity contribution in [3.63, 3.8) is 0 Å². The van der Waals surface area contributed by atoms with Gasteiger partial charge in [0.15, 0.2) is 23.1 Å². The van der Waals surface area contributed by atoms with E-state index >= 15 is 9.59 Å². The van der Waals surface area contributed by atoms with Gasteiger partial charge in [0, 0.05) is 62.5 Å². The average molecular weight is 1520 g/mol. The van der Waals surface area contributed by atoms with Gasteiger partial charge in [0.1, 0.15) is 30.8 Å². The van der Waals surface area contributed by atoms with Crippen LogP contribution in [0.25, 0.3) is 0 Å². The van der Waals surface area contributed by atoms with E-state index < -0.39 is 174 Å². The molecule has 107 heavy (non-hydrogen) atoms. The lowest BCUT2D eigenvalue weighted by atomic mass is 9.76. The highest BCUT2D eigenvalue weighted by Gasteiger charge is 2.42. The third-order valence-electron chi connectivity index (χ3n) is 17.5. The number of esters is 1. The zero-order valence-electron chi connectivity index (χ0n) is 64.4. The smallest absolute Gasteiger partial charge is 0.309 e. The van der Waals surface area contributed by atoms with E-state index in [-0.39, 0.29) is 76.5 Å². The largest absolute Gasteiger partial charge is 0.465 e. The molecule has 586 valence electrons. The Balaban J connectivity index is 1.45. The molecule has 0 bridgehead atoms. The molecule has 1 saturated heterocycles. The van der Waals surface area contributed by atoms with Crippen LogP contribution >= 0.6 is 21.6 Å². The molecule has 4 aromatic carbocycles. The fourth-order valence-corrected chi connectivity index (χ4v) is 13.7. The van der Waals surface area contributed by atoms with Crippen molar-refractivity contribution < 1.29 is 81.2 Å². The van der Waals surface area contributed by atoms with Gasteiger partial charge in [-0.25, -0.2) is 0 Å². The van der Waals surface area contributed by atoms with Crippen LogP contribution in [-0.2, 0) is 93.2 Å². The summed E-state index contributed by atoms with van der Waals surface area (Å²) in [6.45, 7) is 21.7. The van der Waals surface area contributed by atoms with Gasteiger partial charge >= 0.3 is 5.97 Å². The van der Waals surface area contributed by atoms with Crippen LogP contribution in [0.15, 0.2) is 121 Å². The lowest BCUT2D eigenvalue weighted by molar-refractivity contribution is -0.154. The van der Waals surface area contributed by atoms with Gasteiger partial charge in [-0.15, -0.1) is 0 Å². The van der Waals surface area contributed by atoms with Crippen molar-refractivity contribution in [1.29, 1.82) is 0 Å². The fraction of sp³-hybridized carbons (Fsp3) is 0.556. The lowest BCUT2D eigenvalue weighted by Crippen LogP contribution is -2.59. The molecule has 9 atom stereocenters. The Bertz CT molecular complexity index is 3440. The molecular formula is C81H113N7O17S2. The first-order valence-corrected chi connectivity index (χ1v) is 39.4. The first kappa shape index (κ1) is 89.5. The van der Waals surface area contributed by atoms with Crippen LogP contribution in [0.2, 0.25) is 0 Å². The molecule has 7 N–H and O–H groups in total. The molecule has 24 nitrogen and oxygen atoms in total. The second-order valence-corrected chi connectivity index (χ2v) is 32.6. The molecule has 5 rings (SSSR count). The van der Waals surface area contributed by atoms with E-state index in [4.69, 9.17) is 23.7 Å². The fourth-order valence-electron chi connectivity index (χ4n) is 11.7. The molecular weight excluding hydrogens is 1410 g/mol. The minimum atomic E-state index is -1.58. The second kappa shape index (κ2) is 45.0. The van der Waals surface area contributed by atoms with Gasteiger partial charge in [0.25, 0.3) is 0 Å². The topological polar surface area (TPSA) is 335 Å². The predicted molar refractivity (Wildman–Crippen MR) is 412 cm³/mol. The number of ether oxygens (including phenoxy) is 5. The molecule has 4 aromatic rings. The summed E-state index contributed by atoms with van der Waals surface area (Å²) in [6, 6.07) is 29.6. The van der Waals surface area contributed by atoms with E-state index in [1.807, 2.05) is 112 Å². The number of carbonyl (C=O) groups excluding carboxylic acids is 12. The Hall–Kier alpha value is -8.14. The van der Waals surface area contributed by atoms with Gasteiger partial charge in [0.2, 0.25) is 41.4 Å². The van der Waals surface area contributed by atoms with Crippen LogP contribution in [0.4, 0.5) is 0 Å². The molecule has 0 aromatic heterocycles. The van der Waals surface area contributed by atoms with Gasteiger partial charge in [-0.05, 0) is 95.4 Å². The summed E-state index contributed by atoms with van der Waals surface area (Å²) in [4.78, 5) is 172. The molecule has 1 heterocycles. The molecule has 0 aliphatic carbocycles. The minimum Gasteiger partial charge on any atom is -0.465 e. The second-order valence-electron chi connectivity index (χ2n) is 29.8. The number of benzene rings is 4. The van der Waals surface area contributed by atoms with E-state index in [1.54, 1.807) is 107 Å². The van der Waals surface area contributed by atoms with E-state index in [1.165, 1.54) is 6.92 Å². The van der Waals surface area contributed by atoms with Crippen LogP contribution in [0, 0.1) is 35.5 Å². The Labute approximate surface area is 638 Å². The van der Waals surface area contributed by atoms with Crippen molar-refractivity contribution >= 4 is 92.0 Å². The highest BCUT2D eigenvalue weighted by Crippen LogP contribution is 2.37.